The predicted molar refractivity (Wildman–Crippen MR) is 86.9 cm³/mol. The highest BCUT2D eigenvalue weighted by Crippen LogP contribution is 2.30. The summed E-state index contributed by atoms with van der Waals surface area (Å²) in [6, 6.07) is 6.17. The van der Waals surface area contributed by atoms with E-state index in [-0.39, 0.29) is 42.1 Å². The van der Waals surface area contributed by atoms with E-state index >= 15 is 0 Å². The minimum absolute atomic E-state index is 0. The molecular formula is C15H21ClF2N4O2. The molecule has 2 saturated heterocycles. The van der Waals surface area contributed by atoms with Crippen LogP contribution < -0.4 is 21.3 Å². The maximum absolute atomic E-state index is 12.7. The highest BCUT2D eigenvalue weighted by molar-refractivity contribution is 5.85. The smallest absolute Gasteiger partial charge is 0.387 e. The number of likely N-dealkylation sites (tertiary alicyclic amines) is 1. The number of rotatable bonds is 4. The molecule has 2 unspecified atom stereocenters. The van der Waals surface area contributed by atoms with E-state index in [0.29, 0.717) is 19.6 Å². The lowest BCUT2D eigenvalue weighted by Crippen LogP contribution is -2.39. The van der Waals surface area contributed by atoms with Crippen molar-refractivity contribution in [3.63, 3.8) is 0 Å². The number of ether oxygens (including phenoxy) is 1. The quantitative estimate of drug-likeness (QED) is 0.745. The van der Waals surface area contributed by atoms with E-state index in [4.69, 9.17) is 5.73 Å². The summed E-state index contributed by atoms with van der Waals surface area (Å²) in [6.07, 6.45) is 0.807. The van der Waals surface area contributed by atoms with Gasteiger partial charge in [0.05, 0.1) is 12.0 Å². The Morgan fingerprint density at radius 3 is 2.88 bits per heavy atom. The van der Waals surface area contributed by atoms with Gasteiger partial charge in [-0.2, -0.15) is 8.78 Å². The molecule has 3 rings (SSSR count). The van der Waals surface area contributed by atoms with Crippen molar-refractivity contribution in [1.82, 2.24) is 15.8 Å². The Labute approximate surface area is 145 Å². The molecule has 1 aromatic rings. The second-order valence-corrected chi connectivity index (χ2v) is 5.89. The molecule has 0 radical (unpaired) electrons. The number of benzene rings is 1. The molecule has 1 aromatic carbocycles. The number of nitrogens with one attached hydrogen (secondary N) is 2. The summed E-state index contributed by atoms with van der Waals surface area (Å²) < 4.78 is 29.1. The third-order valence-corrected chi connectivity index (χ3v) is 4.28. The van der Waals surface area contributed by atoms with E-state index < -0.39 is 6.61 Å². The van der Waals surface area contributed by atoms with Gasteiger partial charge in [-0.25, -0.2) is 5.43 Å². The number of hydrogen-bond donors (Lipinski definition) is 3. The Morgan fingerprint density at radius 1 is 1.42 bits per heavy atom. The number of carbonyl (C=O) groups is 1. The fourth-order valence-corrected chi connectivity index (χ4v) is 3.15. The third-order valence-electron chi connectivity index (χ3n) is 4.28. The van der Waals surface area contributed by atoms with Gasteiger partial charge in [-0.3, -0.25) is 10.2 Å². The zero-order valence-corrected chi connectivity index (χ0v) is 13.8. The Morgan fingerprint density at radius 2 is 2.21 bits per heavy atom. The normalized spacial score (nSPS) is 26.5. The van der Waals surface area contributed by atoms with Crippen LogP contribution in [-0.2, 0) is 4.79 Å². The molecule has 0 aromatic heterocycles. The van der Waals surface area contributed by atoms with Gasteiger partial charge in [0, 0.05) is 25.7 Å². The van der Waals surface area contributed by atoms with E-state index in [2.05, 4.69) is 15.6 Å². The second-order valence-electron chi connectivity index (χ2n) is 5.89. The van der Waals surface area contributed by atoms with Crippen LogP contribution in [0.2, 0.25) is 0 Å². The summed E-state index contributed by atoms with van der Waals surface area (Å²) in [6.45, 7) is -1.16. The minimum atomic E-state index is -2.87. The van der Waals surface area contributed by atoms with Crippen LogP contribution in [0.1, 0.15) is 18.0 Å². The first-order valence-corrected chi connectivity index (χ1v) is 7.62. The monoisotopic (exact) mass is 362 g/mol. The first-order chi connectivity index (χ1) is 11.0. The zero-order valence-electron chi connectivity index (χ0n) is 13.0. The van der Waals surface area contributed by atoms with Crippen molar-refractivity contribution < 1.29 is 18.3 Å². The first-order valence-electron chi connectivity index (χ1n) is 7.62. The summed E-state index contributed by atoms with van der Waals surface area (Å²) in [5, 5.41) is 0. The standard InChI is InChI=1S/C15H20F2N4O2.ClH/c16-15(17)23-11-3-1-2-9(6-11)13-12(7-19-20-13)14(22)21-5-4-10(18)8-21;/h1-3,6,10,12-13,15,19-20H,4-5,7-8,18H2;1H/t10-,12?,13?;/m1./s1. The molecule has 3 atom stereocenters. The maximum atomic E-state index is 12.7. The SMILES string of the molecule is Cl.N[C@@H]1CCN(C(=O)C2CNNC2c2cccc(OC(F)F)c2)C1. The number of carbonyl (C=O) groups excluding carboxylic acids is 1. The molecule has 24 heavy (non-hydrogen) atoms. The van der Waals surface area contributed by atoms with Crippen LogP contribution in [0, 0.1) is 5.92 Å². The van der Waals surface area contributed by atoms with Crippen LogP contribution in [-0.4, -0.2) is 43.1 Å². The lowest BCUT2D eigenvalue weighted by Gasteiger charge is -2.24. The number of nitrogens with zero attached hydrogens (tertiary/aromatic N) is 1. The van der Waals surface area contributed by atoms with Crippen LogP contribution in [0.15, 0.2) is 24.3 Å². The van der Waals surface area contributed by atoms with E-state index in [0.717, 1.165) is 12.0 Å². The highest BCUT2D eigenvalue weighted by Gasteiger charge is 2.38. The molecule has 2 aliphatic rings. The summed E-state index contributed by atoms with van der Waals surface area (Å²) in [5.74, 6) is -0.191. The van der Waals surface area contributed by atoms with Gasteiger partial charge in [0.2, 0.25) is 5.91 Å². The Kier molecular flexibility index (Phi) is 6.34. The molecule has 2 heterocycles. The van der Waals surface area contributed by atoms with Crippen molar-refractivity contribution in [2.75, 3.05) is 19.6 Å². The van der Waals surface area contributed by atoms with E-state index in [1.165, 1.54) is 12.1 Å². The minimum Gasteiger partial charge on any atom is -0.435 e. The second kappa shape index (κ2) is 8.06. The first kappa shape index (κ1) is 18.9. The van der Waals surface area contributed by atoms with E-state index in [1.54, 1.807) is 17.0 Å². The number of nitrogens with two attached hydrogens (primary N) is 1. The summed E-state index contributed by atoms with van der Waals surface area (Å²) >= 11 is 0. The third kappa shape index (κ3) is 4.13. The number of amides is 1. The highest BCUT2D eigenvalue weighted by atomic mass is 35.5. The van der Waals surface area contributed by atoms with Gasteiger partial charge < -0.3 is 15.4 Å². The van der Waals surface area contributed by atoms with Crippen LogP contribution in [0.25, 0.3) is 0 Å². The summed E-state index contributed by atoms with van der Waals surface area (Å²) in [5.41, 5.74) is 12.6. The van der Waals surface area contributed by atoms with E-state index in [1.807, 2.05) is 0 Å². The van der Waals surface area contributed by atoms with Gasteiger partial charge in [-0.05, 0) is 24.1 Å². The molecular weight excluding hydrogens is 342 g/mol. The summed E-state index contributed by atoms with van der Waals surface area (Å²) in [4.78, 5) is 14.5. The zero-order chi connectivity index (χ0) is 16.4. The maximum Gasteiger partial charge on any atom is 0.387 e. The lowest BCUT2D eigenvalue weighted by molar-refractivity contribution is -0.134. The largest absolute Gasteiger partial charge is 0.435 e. The fraction of sp³-hybridized carbons (Fsp3) is 0.533. The van der Waals surface area contributed by atoms with Crippen molar-refractivity contribution in [1.29, 1.82) is 0 Å². The molecule has 0 bridgehead atoms. The molecule has 6 nitrogen and oxygen atoms in total. The number of alkyl halides is 2. The summed E-state index contributed by atoms with van der Waals surface area (Å²) in [7, 11) is 0. The van der Waals surface area contributed by atoms with Gasteiger partial charge >= 0.3 is 6.61 Å². The average molecular weight is 363 g/mol. The van der Waals surface area contributed by atoms with Crippen molar-refractivity contribution in [3.8, 4) is 5.75 Å². The molecule has 1 amide bonds. The molecule has 2 fully saturated rings. The van der Waals surface area contributed by atoms with Crippen LogP contribution in [0.5, 0.6) is 5.75 Å². The molecule has 0 spiro atoms. The Hall–Kier alpha value is -1.48. The van der Waals surface area contributed by atoms with Crippen molar-refractivity contribution >= 4 is 18.3 Å². The Bertz CT molecular complexity index is 578. The molecule has 0 saturated carbocycles. The molecule has 2 aliphatic heterocycles. The van der Waals surface area contributed by atoms with Crippen molar-refractivity contribution in [3.05, 3.63) is 29.8 Å². The van der Waals surface area contributed by atoms with Gasteiger partial charge in [-0.15, -0.1) is 12.4 Å². The number of hydrogen-bond acceptors (Lipinski definition) is 5. The molecule has 9 heteroatoms. The van der Waals surface area contributed by atoms with Crippen LogP contribution in [0.3, 0.4) is 0 Å². The fourth-order valence-electron chi connectivity index (χ4n) is 3.15. The van der Waals surface area contributed by atoms with Gasteiger partial charge in [0.15, 0.2) is 0 Å². The number of hydrazine groups is 1. The molecule has 134 valence electrons. The van der Waals surface area contributed by atoms with Crippen LogP contribution >= 0.6 is 12.4 Å². The Balaban J connectivity index is 0.00000208. The molecule has 0 aliphatic carbocycles. The van der Waals surface area contributed by atoms with Gasteiger partial charge in [-0.1, -0.05) is 12.1 Å². The topological polar surface area (TPSA) is 79.6 Å². The van der Waals surface area contributed by atoms with Gasteiger partial charge in [0.1, 0.15) is 5.75 Å². The average Bonchev–Trinajstić information content (AvgIpc) is 3.15. The lowest BCUT2D eigenvalue weighted by atomic mass is 9.93. The van der Waals surface area contributed by atoms with Gasteiger partial charge in [0.25, 0.3) is 0 Å². The van der Waals surface area contributed by atoms with Crippen molar-refractivity contribution in [2.24, 2.45) is 11.7 Å². The van der Waals surface area contributed by atoms with Crippen LogP contribution in [0.4, 0.5) is 8.78 Å². The van der Waals surface area contributed by atoms with Crippen molar-refractivity contribution in [2.45, 2.75) is 25.1 Å². The number of halogens is 3. The van der Waals surface area contributed by atoms with E-state index in [9.17, 15) is 13.6 Å². The predicted octanol–water partition coefficient (Wildman–Crippen LogP) is 1.03. The molecule has 4 N–H and O–H groups in total.